The lowest BCUT2D eigenvalue weighted by Crippen LogP contribution is -2.04. The van der Waals surface area contributed by atoms with Gasteiger partial charge in [0, 0.05) is 16.2 Å². The molecular formula is C7H7BrF2N2O. The lowest BCUT2D eigenvalue weighted by Gasteiger charge is -2.10. The standard InChI is InChI=1S/C7H7BrF2N2O/c8-4-1-12-7(11)5(6(9)10)3(4)2-13/h1,6,13H,2H2,(H2,11,12). The third-order valence-electron chi connectivity index (χ3n) is 1.58. The molecule has 3 nitrogen and oxygen atoms in total. The molecule has 72 valence electrons. The van der Waals surface area contributed by atoms with Gasteiger partial charge in [0.2, 0.25) is 0 Å². The van der Waals surface area contributed by atoms with E-state index in [0.717, 1.165) is 0 Å². The fraction of sp³-hybridized carbons (Fsp3) is 0.286. The van der Waals surface area contributed by atoms with Crippen LogP contribution in [-0.2, 0) is 6.61 Å². The van der Waals surface area contributed by atoms with E-state index in [1.807, 2.05) is 0 Å². The van der Waals surface area contributed by atoms with Crippen molar-refractivity contribution >= 4 is 21.7 Å². The van der Waals surface area contributed by atoms with E-state index in [-0.39, 0.29) is 11.4 Å². The monoisotopic (exact) mass is 252 g/mol. The van der Waals surface area contributed by atoms with E-state index in [1.165, 1.54) is 6.20 Å². The molecule has 0 aromatic carbocycles. The first-order valence-electron chi connectivity index (χ1n) is 3.39. The Balaban J connectivity index is 3.35. The molecule has 6 heteroatoms. The molecule has 1 aromatic heterocycles. The number of nitrogens with two attached hydrogens (primary N) is 1. The van der Waals surface area contributed by atoms with Crippen LogP contribution in [0.3, 0.4) is 0 Å². The zero-order valence-corrected chi connectivity index (χ0v) is 8.05. The number of rotatable bonds is 2. The average molecular weight is 253 g/mol. The Bertz CT molecular complexity index is 320. The summed E-state index contributed by atoms with van der Waals surface area (Å²) in [6, 6.07) is 0. The summed E-state index contributed by atoms with van der Waals surface area (Å²) < 4.78 is 25.1. The van der Waals surface area contributed by atoms with Crippen LogP contribution in [0, 0.1) is 0 Å². The van der Waals surface area contributed by atoms with Crippen LogP contribution in [0.25, 0.3) is 0 Å². The van der Waals surface area contributed by atoms with Gasteiger partial charge in [-0.25, -0.2) is 13.8 Å². The number of alkyl halides is 2. The van der Waals surface area contributed by atoms with Gasteiger partial charge >= 0.3 is 0 Å². The molecule has 0 saturated carbocycles. The molecule has 0 aliphatic rings. The van der Waals surface area contributed by atoms with Gasteiger partial charge in [0.15, 0.2) is 0 Å². The van der Waals surface area contributed by atoms with E-state index in [9.17, 15) is 8.78 Å². The third-order valence-corrected chi connectivity index (χ3v) is 2.27. The number of pyridine rings is 1. The summed E-state index contributed by atoms with van der Waals surface area (Å²) in [7, 11) is 0. The van der Waals surface area contributed by atoms with Gasteiger partial charge in [-0.2, -0.15) is 0 Å². The molecule has 0 fully saturated rings. The first-order chi connectivity index (χ1) is 6.07. The van der Waals surface area contributed by atoms with Gasteiger partial charge in [0.1, 0.15) is 5.82 Å². The van der Waals surface area contributed by atoms with Crippen LogP contribution in [0.4, 0.5) is 14.6 Å². The Morgan fingerprint density at radius 1 is 1.62 bits per heavy atom. The minimum atomic E-state index is -2.73. The highest BCUT2D eigenvalue weighted by atomic mass is 79.9. The van der Waals surface area contributed by atoms with E-state index >= 15 is 0 Å². The van der Waals surface area contributed by atoms with Crippen molar-refractivity contribution in [2.75, 3.05) is 5.73 Å². The van der Waals surface area contributed by atoms with Gasteiger partial charge in [0.05, 0.1) is 12.2 Å². The molecule has 0 unspecified atom stereocenters. The highest BCUT2D eigenvalue weighted by Crippen LogP contribution is 2.31. The summed E-state index contributed by atoms with van der Waals surface area (Å²) in [6.45, 7) is -0.493. The van der Waals surface area contributed by atoms with Crippen molar-refractivity contribution in [1.82, 2.24) is 4.98 Å². The van der Waals surface area contributed by atoms with Crippen LogP contribution in [0.5, 0.6) is 0 Å². The number of nitrogen functional groups attached to an aromatic ring is 1. The summed E-state index contributed by atoms with van der Waals surface area (Å²) in [5, 5.41) is 8.83. The van der Waals surface area contributed by atoms with Gasteiger partial charge < -0.3 is 10.8 Å². The summed E-state index contributed by atoms with van der Waals surface area (Å²) in [4.78, 5) is 3.55. The molecular weight excluding hydrogens is 246 g/mol. The Morgan fingerprint density at radius 3 is 2.62 bits per heavy atom. The molecule has 0 bridgehead atoms. The Morgan fingerprint density at radius 2 is 2.23 bits per heavy atom. The highest BCUT2D eigenvalue weighted by molar-refractivity contribution is 9.10. The fourth-order valence-electron chi connectivity index (χ4n) is 0.961. The van der Waals surface area contributed by atoms with E-state index in [0.29, 0.717) is 4.47 Å². The van der Waals surface area contributed by atoms with Gasteiger partial charge in [-0.1, -0.05) is 0 Å². The third kappa shape index (κ3) is 1.94. The maximum Gasteiger partial charge on any atom is 0.267 e. The smallest absolute Gasteiger partial charge is 0.267 e. The highest BCUT2D eigenvalue weighted by Gasteiger charge is 2.19. The van der Waals surface area contributed by atoms with Crippen LogP contribution < -0.4 is 5.73 Å². The van der Waals surface area contributed by atoms with Gasteiger partial charge in [-0.15, -0.1) is 0 Å². The first-order valence-corrected chi connectivity index (χ1v) is 4.19. The summed E-state index contributed by atoms with van der Waals surface area (Å²) in [5.41, 5.74) is 4.92. The van der Waals surface area contributed by atoms with Crippen molar-refractivity contribution in [3.63, 3.8) is 0 Å². The molecule has 0 amide bonds. The van der Waals surface area contributed by atoms with Gasteiger partial charge in [0.25, 0.3) is 6.43 Å². The summed E-state index contributed by atoms with van der Waals surface area (Å²) >= 11 is 3.00. The summed E-state index contributed by atoms with van der Waals surface area (Å²) in [5.74, 6) is -0.248. The number of aromatic nitrogens is 1. The Kier molecular flexibility index (Phi) is 3.16. The largest absolute Gasteiger partial charge is 0.392 e. The molecule has 0 spiro atoms. The maximum atomic E-state index is 12.4. The van der Waals surface area contributed by atoms with Crippen LogP contribution >= 0.6 is 15.9 Å². The molecule has 0 saturated heterocycles. The molecule has 3 N–H and O–H groups in total. The number of hydrogen-bond acceptors (Lipinski definition) is 3. The Labute approximate surface area is 81.7 Å². The van der Waals surface area contributed by atoms with Gasteiger partial charge in [-0.05, 0) is 15.9 Å². The number of aliphatic hydroxyl groups excluding tert-OH is 1. The van der Waals surface area contributed by atoms with Crippen molar-refractivity contribution in [2.45, 2.75) is 13.0 Å². The van der Waals surface area contributed by atoms with E-state index < -0.39 is 18.6 Å². The lowest BCUT2D eigenvalue weighted by atomic mass is 10.1. The van der Waals surface area contributed by atoms with Crippen molar-refractivity contribution in [3.8, 4) is 0 Å². The average Bonchev–Trinajstić information content (AvgIpc) is 2.07. The number of halogens is 3. The summed E-state index contributed by atoms with van der Waals surface area (Å²) in [6.07, 6.45) is -1.45. The molecule has 0 atom stereocenters. The van der Waals surface area contributed by atoms with E-state index in [4.69, 9.17) is 10.8 Å². The topological polar surface area (TPSA) is 59.1 Å². The second-order valence-corrected chi connectivity index (χ2v) is 3.20. The van der Waals surface area contributed by atoms with Crippen molar-refractivity contribution in [2.24, 2.45) is 0 Å². The lowest BCUT2D eigenvalue weighted by molar-refractivity contribution is 0.147. The maximum absolute atomic E-state index is 12.4. The zero-order valence-electron chi connectivity index (χ0n) is 6.47. The van der Waals surface area contributed by atoms with E-state index in [1.54, 1.807) is 0 Å². The first kappa shape index (κ1) is 10.3. The van der Waals surface area contributed by atoms with Crippen LogP contribution in [0.2, 0.25) is 0 Å². The molecule has 0 radical (unpaired) electrons. The van der Waals surface area contributed by atoms with Crippen LogP contribution in [0.1, 0.15) is 17.6 Å². The van der Waals surface area contributed by atoms with Crippen molar-refractivity contribution in [1.29, 1.82) is 0 Å². The van der Waals surface area contributed by atoms with Crippen LogP contribution in [0.15, 0.2) is 10.7 Å². The fourth-order valence-corrected chi connectivity index (χ4v) is 1.40. The molecule has 1 aromatic rings. The number of nitrogens with zero attached hydrogens (tertiary/aromatic N) is 1. The normalized spacial score (nSPS) is 10.8. The zero-order chi connectivity index (χ0) is 10.0. The van der Waals surface area contributed by atoms with Crippen molar-refractivity contribution in [3.05, 3.63) is 21.8 Å². The van der Waals surface area contributed by atoms with Crippen LogP contribution in [-0.4, -0.2) is 10.1 Å². The second-order valence-electron chi connectivity index (χ2n) is 2.34. The minimum absolute atomic E-state index is 0.0856. The molecule has 1 heterocycles. The SMILES string of the molecule is Nc1ncc(Br)c(CO)c1C(F)F. The number of anilines is 1. The molecule has 1 rings (SSSR count). The van der Waals surface area contributed by atoms with Crippen molar-refractivity contribution < 1.29 is 13.9 Å². The second kappa shape index (κ2) is 3.97. The minimum Gasteiger partial charge on any atom is -0.392 e. The van der Waals surface area contributed by atoms with E-state index in [2.05, 4.69) is 20.9 Å². The van der Waals surface area contributed by atoms with Gasteiger partial charge in [-0.3, -0.25) is 0 Å². The quantitative estimate of drug-likeness (QED) is 0.845. The molecule has 13 heavy (non-hydrogen) atoms. The molecule has 0 aliphatic carbocycles. The molecule has 0 aliphatic heterocycles. The number of aliphatic hydroxyl groups is 1. The number of hydrogen-bond donors (Lipinski definition) is 2. The Hall–Kier alpha value is -0.750. The predicted molar refractivity (Wildman–Crippen MR) is 47.2 cm³/mol. The predicted octanol–water partition coefficient (Wildman–Crippen LogP) is 1.86.